The fourth-order valence-electron chi connectivity index (χ4n) is 1.39. The Morgan fingerprint density at radius 1 is 1.44 bits per heavy atom. The van der Waals surface area contributed by atoms with Crippen LogP contribution in [0.25, 0.3) is 0 Å². The molecule has 1 amide bonds. The molecule has 0 aliphatic heterocycles. The number of nitrogens with one attached hydrogen (secondary N) is 1. The van der Waals surface area contributed by atoms with Crippen LogP contribution in [0.15, 0.2) is 24.3 Å². The molecule has 0 aliphatic carbocycles. The first-order chi connectivity index (χ1) is 8.29. The zero-order valence-corrected chi connectivity index (χ0v) is 10.9. The van der Waals surface area contributed by atoms with Gasteiger partial charge in [0.15, 0.2) is 0 Å². The Balaban J connectivity index is 2.49. The van der Waals surface area contributed by atoms with E-state index in [1.54, 1.807) is 39.0 Å². The predicted octanol–water partition coefficient (Wildman–Crippen LogP) is 2.35. The maximum Gasteiger partial charge on any atom is 0.407 e. The number of carbonyl (C=O) groups is 1. The molecule has 1 unspecified atom stereocenters. The van der Waals surface area contributed by atoms with Gasteiger partial charge >= 0.3 is 6.09 Å². The molecule has 0 heterocycles. The monoisotopic (exact) mass is 254 g/mol. The second-order valence-corrected chi connectivity index (χ2v) is 5.01. The van der Waals surface area contributed by atoms with Gasteiger partial charge in [-0.1, -0.05) is 18.2 Å². The molecule has 0 saturated carbocycles. The van der Waals surface area contributed by atoms with Gasteiger partial charge in [0.1, 0.15) is 11.4 Å². The Bertz CT molecular complexity index is 416. The van der Waals surface area contributed by atoms with E-state index in [0.717, 1.165) is 0 Å². The van der Waals surface area contributed by atoms with Gasteiger partial charge in [0.05, 0.1) is 6.04 Å². The molecule has 1 rings (SSSR count). The SMILES string of the molecule is CC(C)(C)OC(=O)NCC(N)c1ccccc1F. The van der Waals surface area contributed by atoms with Gasteiger partial charge in [-0.25, -0.2) is 9.18 Å². The van der Waals surface area contributed by atoms with Crippen LogP contribution in [-0.4, -0.2) is 18.2 Å². The second kappa shape index (κ2) is 5.82. The van der Waals surface area contributed by atoms with Gasteiger partial charge in [-0.2, -0.15) is 0 Å². The van der Waals surface area contributed by atoms with Gasteiger partial charge in [0.2, 0.25) is 0 Å². The molecule has 1 atom stereocenters. The lowest BCUT2D eigenvalue weighted by Gasteiger charge is -2.21. The fraction of sp³-hybridized carbons (Fsp3) is 0.462. The summed E-state index contributed by atoms with van der Waals surface area (Å²) >= 11 is 0. The lowest BCUT2D eigenvalue weighted by atomic mass is 10.1. The van der Waals surface area contributed by atoms with Crippen LogP contribution < -0.4 is 11.1 Å². The van der Waals surface area contributed by atoms with Crippen molar-refractivity contribution in [1.82, 2.24) is 5.32 Å². The molecule has 0 bridgehead atoms. The zero-order valence-electron chi connectivity index (χ0n) is 10.9. The van der Waals surface area contributed by atoms with Crippen LogP contribution in [0.2, 0.25) is 0 Å². The first kappa shape index (κ1) is 14.4. The van der Waals surface area contributed by atoms with Crippen molar-refractivity contribution in [2.75, 3.05) is 6.54 Å². The highest BCUT2D eigenvalue weighted by molar-refractivity contribution is 5.67. The third-order valence-electron chi connectivity index (χ3n) is 2.17. The van der Waals surface area contributed by atoms with Crippen molar-refractivity contribution in [1.29, 1.82) is 0 Å². The minimum atomic E-state index is -0.598. The molecule has 18 heavy (non-hydrogen) atoms. The number of carbonyl (C=O) groups excluding carboxylic acids is 1. The van der Waals surface area contributed by atoms with Gasteiger partial charge in [0, 0.05) is 12.1 Å². The maximum absolute atomic E-state index is 13.4. The predicted molar refractivity (Wildman–Crippen MR) is 67.6 cm³/mol. The summed E-state index contributed by atoms with van der Waals surface area (Å²) in [5, 5.41) is 2.51. The summed E-state index contributed by atoms with van der Waals surface area (Å²) in [6.45, 7) is 5.42. The van der Waals surface area contributed by atoms with Gasteiger partial charge in [-0.15, -0.1) is 0 Å². The number of hydrogen-bond donors (Lipinski definition) is 2. The molecule has 100 valence electrons. The number of hydrogen-bond acceptors (Lipinski definition) is 3. The van der Waals surface area contributed by atoms with Crippen molar-refractivity contribution in [3.8, 4) is 0 Å². The summed E-state index contributed by atoms with van der Waals surface area (Å²) in [6.07, 6.45) is -0.561. The summed E-state index contributed by atoms with van der Waals surface area (Å²) in [7, 11) is 0. The number of ether oxygens (including phenoxy) is 1. The molecule has 1 aromatic rings. The van der Waals surface area contributed by atoms with E-state index in [4.69, 9.17) is 10.5 Å². The first-order valence-electron chi connectivity index (χ1n) is 5.76. The number of alkyl carbamates (subject to hydrolysis) is 1. The Morgan fingerprint density at radius 2 is 2.06 bits per heavy atom. The highest BCUT2D eigenvalue weighted by Gasteiger charge is 2.17. The summed E-state index contributed by atoms with van der Waals surface area (Å²) in [4.78, 5) is 11.4. The van der Waals surface area contributed by atoms with Gasteiger partial charge < -0.3 is 15.8 Å². The van der Waals surface area contributed by atoms with E-state index in [1.807, 2.05) is 0 Å². The average molecular weight is 254 g/mol. The van der Waals surface area contributed by atoms with E-state index >= 15 is 0 Å². The van der Waals surface area contributed by atoms with Crippen molar-refractivity contribution in [3.05, 3.63) is 35.6 Å². The number of rotatable bonds is 3. The molecule has 0 saturated heterocycles. The quantitative estimate of drug-likeness (QED) is 0.870. The summed E-state index contributed by atoms with van der Waals surface area (Å²) < 4.78 is 18.5. The van der Waals surface area contributed by atoms with Crippen molar-refractivity contribution < 1.29 is 13.9 Å². The van der Waals surface area contributed by atoms with Crippen LogP contribution in [0.5, 0.6) is 0 Å². The largest absolute Gasteiger partial charge is 0.444 e. The van der Waals surface area contributed by atoms with Gasteiger partial charge in [-0.3, -0.25) is 0 Å². The molecule has 0 aromatic heterocycles. The molecule has 5 heteroatoms. The first-order valence-corrected chi connectivity index (χ1v) is 5.76. The van der Waals surface area contributed by atoms with Crippen LogP contribution in [0.4, 0.5) is 9.18 Å². The summed E-state index contributed by atoms with van der Waals surface area (Å²) in [6, 6.07) is 5.62. The number of nitrogens with two attached hydrogens (primary N) is 1. The molecule has 0 aliphatic rings. The standard InChI is InChI=1S/C13H19FN2O2/c1-13(2,3)18-12(17)16-8-11(15)9-6-4-5-7-10(9)14/h4-7,11H,8,15H2,1-3H3,(H,16,17). The third-order valence-corrected chi connectivity index (χ3v) is 2.17. The Hall–Kier alpha value is -1.62. The molecular formula is C13H19FN2O2. The molecule has 1 aromatic carbocycles. The van der Waals surface area contributed by atoms with Gasteiger partial charge in [-0.05, 0) is 26.8 Å². The third kappa shape index (κ3) is 4.71. The van der Waals surface area contributed by atoms with Crippen LogP contribution >= 0.6 is 0 Å². The second-order valence-electron chi connectivity index (χ2n) is 5.01. The topological polar surface area (TPSA) is 64.3 Å². The van der Waals surface area contributed by atoms with E-state index < -0.39 is 17.7 Å². The van der Waals surface area contributed by atoms with Gasteiger partial charge in [0.25, 0.3) is 0 Å². The molecule has 0 radical (unpaired) electrons. The summed E-state index contributed by atoms with van der Waals surface area (Å²) in [5.74, 6) is -0.379. The lowest BCUT2D eigenvalue weighted by Crippen LogP contribution is -2.36. The minimum absolute atomic E-state index is 0.121. The number of halogens is 1. The smallest absolute Gasteiger partial charge is 0.407 e. The Kier molecular flexibility index (Phi) is 4.67. The van der Waals surface area contributed by atoms with Crippen molar-refractivity contribution in [2.24, 2.45) is 5.73 Å². The van der Waals surface area contributed by atoms with E-state index in [1.165, 1.54) is 6.07 Å². The summed E-state index contributed by atoms with van der Waals surface area (Å²) in [5.41, 5.74) is 5.60. The van der Waals surface area contributed by atoms with E-state index in [0.29, 0.717) is 5.56 Å². The van der Waals surface area contributed by atoms with E-state index in [9.17, 15) is 9.18 Å². The van der Waals surface area contributed by atoms with Crippen molar-refractivity contribution in [3.63, 3.8) is 0 Å². The highest BCUT2D eigenvalue weighted by Crippen LogP contribution is 2.14. The Labute approximate surface area is 106 Å². The van der Waals surface area contributed by atoms with Crippen molar-refractivity contribution >= 4 is 6.09 Å². The molecule has 3 N–H and O–H groups in total. The molecule has 0 fully saturated rings. The van der Waals surface area contributed by atoms with Crippen LogP contribution in [0.3, 0.4) is 0 Å². The molecule has 4 nitrogen and oxygen atoms in total. The number of amides is 1. The van der Waals surface area contributed by atoms with E-state index in [2.05, 4.69) is 5.32 Å². The molecular weight excluding hydrogens is 235 g/mol. The number of benzene rings is 1. The lowest BCUT2D eigenvalue weighted by molar-refractivity contribution is 0.0524. The fourth-order valence-corrected chi connectivity index (χ4v) is 1.39. The highest BCUT2D eigenvalue weighted by atomic mass is 19.1. The normalized spacial score (nSPS) is 12.9. The van der Waals surface area contributed by atoms with Crippen molar-refractivity contribution in [2.45, 2.75) is 32.4 Å². The van der Waals surface area contributed by atoms with Crippen LogP contribution in [-0.2, 0) is 4.74 Å². The average Bonchev–Trinajstić information content (AvgIpc) is 2.24. The maximum atomic E-state index is 13.4. The van der Waals surface area contributed by atoms with Crippen LogP contribution in [0.1, 0.15) is 32.4 Å². The van der Waals surface area contributed by atoms with Crippen LogP contribution in [0, 0.1) is 5.82 Å². The zero-order chi connectivity index (χ0) is 13.8. The van der Waals surface area contributed by atoms with E-state index in [-0.39, 0.29) is 12.4 Å². The Morgan fingerprint density at radius 3 is 2.61 bits per heavy atom. The molecule has 0 spiro atoms. The minimum Gasteiger partial charge on any atom is -0.444 e.